The average molecular weight is 343 g/mol. The summed E-state index contributed by atoms with van der Waals surface area (Å²) in [4.78, 5) is 22.8. The Labute approximate surface area is 142 Å². The molecule has 0 aromatic carbocycles. The number of hydroxylamine groups is 1. The summed E-state index contributed by atoms with van der Waals surface area (Å²) in [5.74, 6) is 0.242. The standard InChI is InChI=1S/C15H29N5O4/c1-14(2,3)24-13(22)17-10-15(7-5-4-6-8-15)9-11(16)18-19-12(21)20-23/h23H,4-10H2,1-3H3,(H2,16,18)(H,17,22)(H2,19,20,21). The molecule has 0 unspecified atom stereocenters. The number of carbonyl (C=O) groups excluding carboxylic acids is 2. The van der Waals surface area contributed by atoms with E-state index in [-0.39, 0.29) is 11.3 Å². The van der Waals surface area contributed by atoms with Crippen molar-refractivity contribution in [2.45, 2.75) is 64.9 Å². The summed E-state index contributed by atoms with van der Waals surface area (Å²) in [7, 11) is 0. The lowest BCUT2D eigenvalue weighted by Gasteiger charge is -2.37. The molecule has 0 spiro atoms. The largest absolute Gasteiger partial charge is 0.444 e. The van der Waals surface area contributed by atoms with Gasteiger partial charge in [-0.3, -0.25) is 5.21 Å². The maximum Gasteiger partial charge on any atom is 0.407 e. The van der Waals surface area contributed by atoms with E-state index in [0.29, 0.717) is 13.0 Å². The topological polar surface area (TPSA) is 138 Å². The van der Waals surface area contributed by atoms with Gasteiger partial charge in [0.05, 0.1) is 0 Å². The minimum Gasteiger partial charge on any atom is -0.444 e. The molecular formula is C15H29N5O4. The Morgan fingerprint density at radius 3 is 2.42 bits per heavy atom. The second-order valence-electron chi connectivity index (χ2n) is 7.25. The number of amidine groups is 1. The van der Waals surface area contributed by atoms with Crippen molar-refractivity contribution in [2.24, 2.45) is 16.3 Å². The van der Waals surface area contributed by atoms with Crippen molar-refractivity contribution in [3.8, 4) is 0 Å². The Bertz CT molecular complexity index is 467. The summed E-state index contributed by atoms with van der Waals surface area (Å²) >= 11 is 0. The first-order valence-corrected chi connectivity index (χ1v) is 8.15. The fraction of sp³-hybridized carbons (Fsp3) is 0.800. The third kappa shape index (κ3) is 7.49. The first kappa shape index (κ1) is 20.0. The third-order valence-electron chi connectivity index (χ3n) is 3.88. The summed E-state index contributed by atoms with van der Waals surface area (Å²) in [6, 6.07) is -0.859. The highest BCUT2D eigenvalue weighted by Crippen LogP contribution is 2.38. The van der Waals surface area contributed by atoms with Gasteiger partial charge in [-0.25, -0.2) is 20.5 Å². The number of nitrogens with two attached hydrogens (primary N) is 1. The number of amides is 3. The molecule has 1 aliphatic rings. The molecule has 9 nitrogen and oxygen atoms in total. The highest BCUT2D eigenvalue weighted by Gasteiger charge is 2.34. The van der Waals surface area contributed by atoms with Crippen molar-refractivity contribution in [3.63, 3.8) is 0 Å². The molecule has 0 radical (unpaired) electrons. The van der Waals surface area contributed by atoms with E-state index in [4.69, 9.17) is 15.7 Å². The van der Waals surface area contributed by atoms with E-state index in [0.717, 1.165) is 32.1 Å². The Hall–Kier alpha value is -2.03. The van der Waals surface area contributed by atoms with Crippen LogP contribution in [0, 0.1) is 5.41 Å². The highest BCUT2D eigenvalue weighted by atomic mass is 16.6. The second-order valence-corrected chi connectivity index (χ2v) is 7.25. The quantitative estimate of drug-likeness (QED) is 0.224. The number of nitrogens with one attached hydrogen (secondary N) is 3. The van der Waals surface area contributed by atoms with Crippen LogP contribution in [0.25, 0.3) is 0 Å². The van der Waals surface area contributed by atoms with Gasteiger partial charge in [0, 0.05) is 13.0 Å². The van der Waals surface area contributed by atoms with Crippen LogP contribution in [0.1, 0.15) is 59.3 Å². The first-order chi connectivity index (χ1) is 11.2. The minimum absolute atomic E-state index is 0.208. The lowest BCUT2D eigenvalue weighted by atomic mass is 9.71. The van der Waals surface area contributed by atoms with E-state index < -0.39 is 17.7 Å². The third-order valence-corrected chi connectivity index (χ3v) is 3.88. The molecule has 0 atom stereocenters. The van der Waals surface area contributed by atoms with Gasteiger partial charge >= 0.3 is 12.1 Å². The van der Waals surface area contributed by atoms with E-state index in [2.05, 4.69) is 15.8 Å². The molecule has 1 saturated carbocycles. The Kier molecular flexibility index (Phi) is 7.27. The number of carbonyl (C=O) groups is 2. The van der Waals surface area contributed by atoms with Crippen molar-refractivity contribution >= 4 is 18.0 Å². The number of rotatable bonds is 5. The lowest BCUT2D eigenvalue weighted by molar-refractivity contribution is 0.0485. The summed E-state index contributed by atoms with van der Waals surface area (Å²) in [5.41, 5.74) is 8.62. The molecular weight excluding hydrogens is 314 g/mol. The number of nitrogens with zero attached hydrogens (tertiary/aromatic N) is 1. The van der Waals surface area contributed by atoms with Gasteiger partial charge in [0.25, 0.3) is 0 Å². The Morgan fingerprint density at radius 2 is 1.88 bits per heavy atom. The summed E-state index contributed by atoms with van der Waals surface area (Å²) in [5, 5.41) is 15.0. The van der Waals surface area contributed by atoms with Gasteiger partial charge in [-0.1, -0.05) is 19.3 Å². The minimum atomic E-state index is -0.859. The molecule has 138 valence electrons. The summed E-state index contributed by atoms with van der Waals surface area (Å²) in [6.07, 6.45) is 5.05. The zero-order valence-electron chi connectivity index (χ0n) is 14.6. The molecule has 1 fully saturated rings. The predicted octanol–water partition coefficient (Wildman–Crippen LogP) is 1.81. The summed E-state index contributed by atoms with van der Waals surface area (Å²) < 4.78 is 5.27. The van der Waals surface area contributed by atoms with Crippen molar-refractivity contribution in [1.82, 2.24) is 16.2 Å². The maximum atomic E-state index is 11.9. The van der Waals surface area contributed by atoms with Crippen molar-refractivity contribution in [3.05, 3.63) is 0 Å². The number of ether oxygens (including phenoxy) is 1. The molecule has 1 rings (SSSR count). The van der Waals surface area contributed by atoms with E-state index in [1.54, 1.807) is 0 Å². The maximum absolute atomic E-state index is 11.9. The van der Waals surface area contributed by atoms with E-state index in [1.165, 1.54) is 5.48 Å². The van der Waals surface area contributed by atoms with Gasteiger partial charge in [-0.05, 0) is 39.0 Å². The van der Waals surface area contributed by atoms with Crippen LogP contribution in [0.5, 0.6) is 0 Å². The SMILES string of the molecule is CC(C)(C)OC(=O)NCC1(C/C(N)=N/NC(=O)NO)CCCCC1. The molecule has 9 heteroatoms. The molecule has 0 heterocycles. The Morgan fingerprint density at radius 1 is 1.25 bits per heavy atom. The number of hydrazone groups is 1. The average Bonchev–Trinajstić information content (AvgIpc) is 2.50. The van der Waals surface area contributed by atoms with Crippen LogP contribution < -0.4 is 22.0 Å². The van der Waals surface area contributed by atoms with Gasteiger partial charge in [0.1, 0.15) is 11.4 Å². The molecule has 3 amide bonds. The molecule has 0 bridgehead atoms. The Balaban J connectivity index is 2.65. The van der Waals surface area contributed by atoms with Gasteiger partial charge in [0.2, 0.25) is 0 Å². The molecule has 0 aliphatic heterocycles. The van der Waals surface area contributed by atoms with Crippen LogP contribution in [0.15, 0.2) is 5.10 Å². The van der Waals surface area contributed by atoms with Crippen LogP contribution in [0.4, 0.5) is 9.59 Å². The smallest absolute Gasteiger partial charge is 0.407 e. The number of hydrogen-bond donors (Lipinski definition) is 5. The van der Waals surface area contributed by atoms with Crippen LogP contribution in [0.3, 0.4) is 0 Å². The molecule has 24 heavy (non-hydrogen) atoms. The van der Waals surface area contributed by atoms with E-state index >= 15 is 0 Å². The van der Waals surface area contributed by atoms with Gasteiger partial charge in [-0.2, -0.15) is 5.10 Å². The van der Waals surface area contributed by atoms with Gasteiger partial charge in [0.15, 0.2) is 0 Å². The zero-order valence-corrected chi connectivity index (χ0v) is 14.6. The molecule has 0 aromatic rings. The molecule has 6 N–H and O–H groups in total. The van der Waals surface area contributed by atoms with Crippen LogP contribution >= 0.6 is 0 Å². The molecule has 0 saturated heterocycles. The van der Waals surface area contributed by atoms with Crippen molar-refractivity contribution in [1.29, 1.82) is 0 Å². The van der Waals surface area contributed by atoms with Crippen molar-refractivity contribution in [2.75, 3.05) is 6.54 Å². The number of alkyl carbamates (subject to hydrolysis) is 1. The zero-order chi connectivity index (χ0) is 18.2. The van der Waals surface area contributed by atoms with Crippen LogP contribution in [-0.4, -0.2) is 35.3 Å². The van der Waals surface area contributed by atoms with Crippen LogP contribution in [0.2, 0.25) is 0 Å². The first-order valence-electron chi connectivity index (χ1n) is 8.15. The molecule has 0 aromatic heterocycles. The van der Waals surface area contributed by atoms with Gasteiger partial charge in [-0.15, -0.1) is 0 Å². The monoisotopic (exact) mass is 343 g/mol. The molecule has 1 aliphatic carbocycles. The second kappa shape index (κ2) is 8.72. The summed E-state index contributed by atoms with van der Waals surface area (Å²) in [6.45, 7) is 5.87. The van der Waals surface area contributed by atoms with Crippen molar-refractivity contribution < 1.29 is 19.5 Å². The van der Waals surface area contributed by atoms with Gasteiger partial charge < -0.3 is 15.8 Å². The van der Waals surface area contributed by atoms with Crippen LogP contribution in [-0.2, 0) is 4.74 Å². The van der Waals surface area contributed by atoms with E-state index in [1.807, 2.05) is 20.8 Å². The fourth-order valence-electron chi connectivity index (χ4n) is 2.86. The normalized spacial score (nSPS) is 17.8. The number of hydrogen-bond acceptors (Lipinski definition) is 5. The lowest BCUT2D eigenvalue weighted by Crippen LogP contribution is -2.43. The fourth-order valence-corrected chi connectivity index (χ4v) is 2.86. The predicted molar refractivity (Wildman–Crippen MR) is 89.4 cm³/mol. The van der Waals surface area contributed by atoms with E-state index in [9.17, 15) is 9.59 Å². The number of urea groups is 1. The highest BCUT2D eigenvalue weighted by molar-refractivity contribution is 5.83.